The number of sulfonamides is 1. The van der Waals surface area contributed by atoms with E-state index >= 15 is 0 Å². The van der Waals surface area contributed by atoms with Crippen LogP contribution in [0.25, 0.3) is 0 Å². The monoisotopic (exact) mass is 212 g/mol. The molecule has 0 aliphatic heterocycles. The summed E-state index contributed by atoms with van der Waals surface area (Å²) >= 11 is 0. The fourth-order valence-corrected chi connectivity index (χ4v) is 2.27. The zero-order chi connectivity index (χ0) is 10.9. The molecule has 0 fully saturated rings. The van der Waals surface area contributed by atoms with E-state index in [-0.39, 0.29) is 0 Å². The predicted octanol–water partition coefficient (Wildman–Crippen LogP) is 1.35. The van der Waals surface area contributed by atoms with Gasteiger partial charge < -0.3 is 0 Å². The minimum Gasteiger partial charge on any atom is -0.207 e. The van der Waals surface area contributed by atoms with Crippen LogP contribution in [0.5, 0.6) is 0 Å². The van der Waals surface area contributed by atoms with E-state index in [9.17, 15) is 8.42 Å². The summed E-state index contributed by atoms with van der Waals surface area (Å²) in [4.78, 5) is 0.327. The first kappa shape index (κ1) is 11.2. The lowest BCUT2D eigenvalue weighted by molar-refractivity contribution is 0.520. The number of aryl methyl sites for hydroxylation is 2. The summed E-state index contributed by atoms with van der Waals surface area (Å²) in [5.74, 6) is 0. The van der Waals surface area contributed by atoms with Crippen LogP contribution in [-0.4, -0.2) is 26.8 Å². The Kier molecular flexibility index (Phi) is 2.97. The van der Waals surface area contributed by atoms with Gasteiger partial charge in [-0.3, -0.25) is 0 Å². The molecule has 4 heteroatoms. The van der Waals surface area contributed by atoms with E-state index in [1.807, 2.05) is 6.92 Å². The standard InChI is InChI=1S/C10H14NO2S/c1-8-5-6-10(9(2)7-8)14(12,13)11(3)4/h5-6H,1-4H3. The number of benzene rings is 1. The van der Waals surface area contributed by atoms with Crippen LogP contribution >= 0.6 is 0 Å². The molecule has 1 aromatic rings. The van der Waals surface area contributed by atoms with E-state index in [0.29, 0.717) is 10.5 Å². The highest BCUT2D eigenvalue weighted by molar-refractivity contribution is 7.89. The maximum Gasteiger partial charge on any atom is 0.242 e. The Morgan fingerprint density at radius 1 is 1.21 bits per heavy atom. The summed E-state index contributed by atoms with van der Waals surface area (Å²) in [6, 6.07) is 6.37. The Morgan fingerprint density at radius 3 is 2.21 bits per heavy atom. The highest BCUT2D eigenvalue weighted by Gasteiger charge is 2.19. The molecule has 0 bridgehead atoms. The van der Waals surface area contributed by atoms with Crippen LogP contribution in [0.1, 0.15) is 11.1 Å². The lowest BCUT2D eigenvalue weighted by atomic mass is 10.2. The van der Waals surface area contributed by atoms with Crippen molar-refractivity contribution in [3.05, 3.63) is 29.3 Å². The molecule has 77 valence electrons. The Bertz CT molecular complexity index is 435. The average Bonchev–Trinajstić information content (AvgIpc) is 2.02. The molecule has 0 amide bonds. The smallest absolute Gasteiger partial charge is 0.207 e. The van der Waals surface area contributed by atoms with Crippen molar-refractivity contribution in [1.29, 1.82) is 0 Å². The molecule has 0 saturated carbocycles. The van der Waals surface area contributed by atoms with Crippen LogP contribution in [0, 0.1) is 19.9 Å². The molecule has 3 nitrogen and oxygen atoms in total. The molecule has 0 atom stereocenters. The first-order chi connectivity index (χ1) is 6.35. The summed E-state index contributed by atoms with van der Waals surface area (Å²) in [6.45, 7) is 3.64. The first-order valence-electron chi connectivity index (χ1n) is 4.28. The molecule has 1 rings (SSSR count). The zero-order valence-corrected chi connectivity index (χ0v) is 9.64. The number of hydrogen-bond acceptors (Lipinski definition) is 2. The molecule has 1 aromatic carbocycles. The van der Waals surface area contributed by atoms with Crippen molar-refractivity contribution in [1.82, 2.24) is 4.31 Å². The van der Waals surface area contributed by atoms with Gasteiger partial charge in [0, 0.05) is 14.1 Å². The maximum atomic E-state index is 11.8. The van der Waals surface area contributed by atoms with Gasteiger partial charge >= 0.3 is 0 Å². The lowest BCUT2D eigenvalue weighted by Gasteiger charge is -2.13. The van der Waals surface area contributed by atoms with Crippen LogP contribution in [0.4, 0.5) is 0 Å². The molecule has 0 unspecified atom stereocenters. The minimum atomic E-state index is -3.32. The van der Waals surface area contributed by atoms with Gasteiger partial charge in [-0.2, -0.15) is 0 Å². The van der Waals surface area contributed by atoms with Gasteiger partial charge in [-0.15, -0.1) is 0 Å². The summed E-state index contributed by atoms with van der Waals surface area (Å²) in [6.07, 6.45) is 0. The van der Waals surface area contributed by atoms with Crippen molar-refractivity contribution < 1.29 is 8.42 Å². The SMILES string of the molecule is Cc1[c]c(C)c(S(=O)(=O)N(C)C)cc1. The Morgan fingerprint density at radius 2 is 1.79 bits per heavy atom. The van der Waals surface area contributed by atoms with Gasteiger partial charge in [-0.25, -0.2) is 12.7 Å². The Hall–Kier alpha value is -0.870. The van der Waals surface area contributed by atoms with Gasteiger partial charge in [0.1, 0.15) is 0 Å². The lowest BCUT2D eigenvalue weighted by Crippen LogP contribution is -2.23. The highest BCUT2D eigenvalue weighted by Crippen LogP contribution is 2.18. The number of rotatable bonds is 2. The van der Waals surface area contributed by atoms with Crippen LogP contribution < -0.4 is 0 Å². The normalized spacial score (nSPS) is 12.1. The van der Waals surface area contributed by atoms with Gasteiger partial charge in [-0.1, -0.05) is 6.07 Å². The fraction of sp³-hybridized carbons (Fsp3) is 0.400. The summed E-state index contributed by atoms with van der Waals surface area (Å²) < 4.78 is 24.7. The quantitative estimate of drug-likeness (QED) is 0.742. The van der Waals surface area contributed by atoms with Gasteiger partial charge in [0.15, 0.2) is 0 Å². The van der Waals surface area contributed by atoms with E-state index in [4.69, 9.17) is 0 Å². The molecule has 0 N–H and O–H groups in total. The van der Waals surface area contributed by atoms with Crippen molar-refractivity contribution in [2.75, 3.05) is 14.1 Å². The molecular weight excluding hydrogens is 198 g/mol. The van der Waals surface area contributed by atoms with Crippen molar-refractivity contribution in [3.8, 4) is 0 Å². The van der Waals surface area contributed by atoms with Gasteiger partial charge in [0.25, 0.3) is 0 Å². The van der Waals surface area contributed by atoms with Crippen molar-refractivity contribution in [2.24, 2.45) is 0 Å². The molecule has 0 aliphatic carbocycles. The second-order valence-electron chi connectivity index (χ2n) is 3.42. The molecule has 0 aliphatic rings. The third-order valence-corrected chi connectivity index (χ3v) is 3.96. The topological polar surface area (TPSA) is 37.4 Å². The first-order valence-corrected chi connectivity index (χ1v) is 5.72. The molecule has 14 heavy (non-hydrogen) atoms. The van der Waals surface area contributed by atoms with Crippen molar-refractivity contribution >= 4 is 10.0 Å². The zero-order valence-electron chi connectivity index (χ0n) is 8.83. The number of nitrogens with zero attached hydrogens (tertiary/aromatic N) is 1. The van der Waals surface area contributed by atoms with Crippen LogP contribution in [0.3, 0.4) is 0 Å². The third-order valence-electron chi connectivity index (χ3n) is 2.00. The van der Waals surface area contributed by atoms with Gasteiger partial charge in [0.2, 0.25) is 10.0 Å². The van der Waals surface area contributed by atoms with Crippen LogP contribution in [0.2, 0.25) is 0 Å². The maximum absolute atomic E-state index is 11.8. The number of hydrogen-bond donors (Lipinski definition) is 0. The Labute approximate surface area is 85.4 Å². The van der Waals surface area contributed by atoms with Crippen molar-refractivity contribution in [3.63, 3.8) is 0 Å². The second kappa shape index (κ2) is 3.71. The fourth-order valence-electron chi connectivity index (χ4n) is 1.20. The van der Waals surface area contributed by atoms with Crippen molar-refractivity contribution in [2.45, 2.75) is 18.7 Å². The van der Waals surface area contributed by atoms with E-state index in [2.05, 4.69) is 6.07 Å². The largest absolute Gasteiger partial charge is 0.242 e. The molecule has 0 spiro atoms. The van der Waals surface area contributed by atoms with E-state index < -0.39 is 10.0 Å². The third kappa shape index (κ3) is 1.96. The second-order valence-corrected chi connectivity index (χ2v) is 5.54. The predicted molar refractivity (Wildman–Crippen MR) is 55.6 cm³/mol. The van der Waals surface area contributed by atoms with Crippen LogP contribution in [-0.2, 0) is 10.0 Å². The highest BCUT2D eigenvalue weighted by atomic mass is 32.2. The van der Waals surface area contributed by atoms with E-state index in [1.165, 1.54) is 18.4 Å². The summed E-state index contributed by atoms with van der Waals surface area (Å²) in [7, 11) is -0.277. The van der Waals surface area contributed by atoms with E-state index in [1.54, 1.807) is 19.1 Å². The minimum absolute atomic E-state index is 0.327. The molecular formula is C10H14NO2S. The van der Waals surface area contributed by atoms with Gasteiger partial charge in [-0.05, 0) is 37.1 Å². The average molecular weight is 212 g/mol. The van der Waals surface area contributed by atoms with Gasteiger partial charge in [0.05, 0.1) is 4.90 Å². The summed E-state index contributed by atoms with van der Waals surface area (Å²) in [5.41, 5.74) is 1.61. The molecule has 0 aromatic heterocycles. The molecule has 0 saturated heterocycles. The Balaban J connectivity index is 3.35. The van der Waals surface area contributed by atoms with Crippen LogP contribution in [0.15, 0.2) is 17.0 Å². The summed E-state index contributed by atoms with van der Waals surface area (Å²) in [5, 5.41) is 0. The molecule has 1 radical (unpaired) electrons. The molecule has 0 heterocycles. The van der Waals surface area contributed by atoms with E-state index in [0.717, 1.165) is 5.56 Å².